The average molecular weight is 447 g/mol. The van der Waals surface area contributed by atoms with E-state index >= 15 is 0 Å². The van der Waals surface area contributed by atoms with Gasteiger partial charge in [0, 0.05) is 16.7 Å². The Labute approximate surface area is 169 Å². The number of aryl methyl sites for hydroxylation is 1. The lowest BCUT2D eigenvalue weighted by atomic mass is 10.2. The summed E-state index contributed by atoms with van der Waals surface area (Å²) in [7, 11) is 1.54. The number of tetrazole rings is 1. The third kappa shape index (κ3) is 5.19. The zero-order chi connectivity index (χ0) is 19.9. The van der Waals surface area contributed by atoms with Crippen molar-refractivity contribution in [2.45, 2.75) is 13.5 Å². The molecule has 0 aliphatic carbocycles. The quantitative estimate of drug-likeness (QED) is 0.487. The number of hydrogen-bond acceptors (Lipinski definition) is 7. The van der Waals surface area contributed by atoms with Crippen LogP contribution in [0.2, 0.25) is 0 Å². The fourth-order valence-electron chi connectivity index (χ4n) is 2.37. The maximum Gasteiger partial charge on any atom is 0.263 e. The van der Waals surface area contributed by atoms with Crippen molar-refractivity contribution in [1.29, 1.82) is 0 Å². The summed E-state index contributed by atoms with van der Waals surface area (Å²) in [6.07, 6.45) is 0. The van der Waals surface area contributed by atoms with Gasteiger partial charge in [0.25, 0.3) is 11.9 Å². The molecule has 0 radical (unpaired) electrons. The van der Waals surface area contributed by atoms with Gasteiger partial charge in [0.05, 0.1) is 7.11 Å². The minimum atomic E-state index is -0.259. The van der Waals surface area contributed by atoms with E-state index in [1.54, 1.807) is 13.2 Å². The predicted octanol–water partition coefficient (Wildman–Crippen LogP) is 2.91. The van der Waals surface area contributed by atoms with Gasteiger partial charge in [-0.25, -0.2) is 0 Å². The van der Waals surface area contributed by atoms with Gasteiger partial charge in [-0.2, -0.15) is 5.21 Å². The molecular formula is C18H19BrN6O3. The molecule has 0 spiro atoms. The predicted molar refractivity (Wildman–Crippen MR) is 108 cm³/mol. The van der Waals surface area contributed by atoms with Gasteiger partial charge in [-0.05, 0) is 42.0 Å². The summed E-state index contributed by atoms with van der Waals surface area (Å²) in [5.41, 5.74) is 2.74. The SMILES string of the molecule is COc1cc(CNc2nn[nH]n2)c(Br)cc1OCC(=O)Nc1ccc(C)cc1. The van der Waals surface area contributed by atoms with E-state index in [1.165, 1.54) is 0 Å². The number of anilines is 2. The van der Waals surface area contributed by atoms with Crippen molar-refractivity contribution in [3.05, 3.63) is 52.0 Å². The number of amides is 1. The van der Waals surface area contributed by atoms with Gasteiger partial charge >= 0.3 is 0 Å². The second-order valence-electron chi connectivity index (χ2n) is 5.89. The molecule has 3 aromatic rings. The molecule has 28 heavy (non-hydrogen) atoms. The summed E-state index contributed by atoms with van der Waals surface area (Å²) in [6, 6.07) is 11.1. The number of H-pyrrole nitrogens is 1. The molecule has 10 heteroatoms. The van der Waals surface area contributed by atoms with Gasteiger partial charge in [-0.3, -0.25) is 4.79 Å². The van der Waals surface area contributed by atoms with Crippen LogP contribution >= 0.6 is 15.9 Å². The summed E-state index contributed by atoms with van der Waals surface area (Å²) in [5.74, 6) is 1.09. The van der Waals surface area contributed by atoms with E-state index in [2.05, 4.69) is 47.2 Å². The lowest BCUT2D eigenvalue weighted by molar-refractivity contribution is -0.118. The Bertz CT molecular complexity index is 931. The molecule has 1 heterocycles. The van der Waals surface area contributed by atoms with Crippen LogP contribution in [-0.2, 0) is 11.3 Å². The highest BCUT2D eigenvalue weighted by Gasteiger charge is 2.13. The first kappa shape index (κ1) is 19.6. The highest BCUT2D eigenvalue weighted by molar-refractivity contribution is 9.10. The number of methoxy groups -OCH3 is 1. The highest BCUT2D eigenvalue weighted by atomic mass is 79.9. The molecule has 2 aromatic carbocycles. The first-order chi connectivity index (χ1) is 13.5. The second-order valence-corrected chi connectivity index (χ2v) is 6.74. The molecule has 0 aliphatic rings. The van der Waals surface area contributed by atoms with Crippen molar-refractivity contribution in [2.24, 2.45) is 0 Å². The van der Waals surface area contributed by atoms with E-state index in [0.29, 0.717) is 24.0 Å². The Balaban J connectivity index is 1.61. The molecule has 0 saturated heterocycles. The van der Waals surface area contributed by atoms with Crippen molar-refractivity contribution in [3.8, 4) is 11.5 Å². The van der Waals surface area contributed by atoms with E-state index in [-0.39, 0.29) is 12.5 Å². The van der Waals surface area contributed by atoms with Gasteiger partial charge < -0.3 is 20.1 Å². The summed E-state index contributed by atoms with van der Waals surface area (Å²) < 4.78 is 11.8. The number of nitrogens with one attached hydrogen (secondary N) is 3. The molecule has 0 bridgehead atoms. The number of ether oxygens (including phenoxy) is 2. The van der Waals surface area contributed by atoms with Crippen LogP contribution in [0.4, 0.5) is 11.6 Å². The van der Waals surface area contributed by atoms with Crippen molar-refractivity contribution in [2.75, 3.05) is 24.4 Å². The number of aromatic amines is 1. The molecule has 9 nitrogen and oxygen atoms in total. The molecule has 146 valence electrons. The average Bonchev–Trinajstić information content (AvgIpc) is 3.21. The minimum absolute atomic E-state index is 0.142. The number of hydrogen-bond donors (Lipinski definition) is 3. The number of nitrogens with zero attached hydrogens (tertiary/aromatic N) is 3. The number of rotatable bonds is 8. The molecule has 0 fully saturated rings. The molecule has 0 aliphatic heterocycles. The van der Waals surface area contributed by atoms with Crippen molar-refractivity contribution >= 4 is 33.5 Å². The van der Waals surface area contributed by atoms with E-state index in [9.17, 15) is 4.79 Å². The third-order valence-electron chi connectivity index (χ3n) is 3.81. The van der Waals surface area contributed by atoms with E-state index < -0.39 is 0 Å². The van der Waals surface area contributed by atoms with Crippen LogP contribution in [0.15, 0.2) is 40.9 Å². The second kappa shape index (κ2) is 9.18. The molecule has 0 atom stereocenters. The maximum atomic E-state index is 12.1. The van der Waals surface area contributed by atoms with E-state index in [0.717, 1.165) is 21.3 Å². The van der Waals surface area contributed by atoms with E-state index in [4.69, 9.17) is 9.47 Å². The molecule has 1 aromatic heterocycles. The first-order valence-corrected chi connectivity index (χ1v) is 9.17. The molecule has 0 unspecified atom stereocenters. The Morgan fingerprint density at radius 2 is 2.00 bits per heavy atom. The molecular weight excluding hydrogens is 428 g/mol. The standard InChI is InChI=1S/C18H19BrN6O3/c1-11-3-5-13(6-4-11)21-17(26)10-28-16-8-14(19)12(7-15(16)27-2)9-20-18-22-24-25-23-18/h3-8H,9-10H2,1-2H3,(H,21,26)(H2,20,22,23,24,25). The smallest absolute Gasteiger partial charge is 0.263 e. The van der Waals surface area contributed by atoms with Crippen molar-refractivity contribution < 1.29 is 14.3 Å². The van der Waals surface area contributed by atoms with Crippen LogP contribution in [0.1, 0.15) is 11.1 Å². The van der Waals surface area contributed by atoms with Gasteiger partial charge in [-0.1, -0.05) is 38.7 Å². The Morgan fingerprint density at radius 3 is 2.68 bits per heavy atom. The van der Waals surface area contributed by atoms with Gasteiger partial charge in [0.1, 0.15) is 0 Å². The Morgan fingerprint density at radius 1 is 1.21 bits per heavy atom. The minimum Gasteiger partial charge on any atom is -0.493 e. The van der Waals surface area contributed by atoms with Gasteiger partial charge in [0.15, 0.2) is 18.1 Å². The number of carbonyl (C=O) groups is 1. The van der Waals surface area contributed by atoms with Crippen LogP contribution in [0, 0.1) is 6.92 Å². The largest absolute Gasteiger partial charge is 0.493 e. The van der Waals surface area contributed by atoms with Crippen LogP contribution in [0.25, 0.3) is 0 Å². The van der Waals surface area contributed by atoms with E-state index in [1.807, 2.05) is 37.3 Å². The molecule has 0 saturated carbocycles. The Hall–Kier alpha value is -3.14. The fraction of sp³-hybridized carbons (Fsp3) is 0.222. The summed E-state index contributed by atoms with van der Waals surface area (Å²) in [6.45, 7) is 2.29. The lowest BCUT2D eigenvalue weighted by Gasteiger charge is -2.14. The third-order valence-corrected chi connectivity index (χ3v) is 4.55. The topological polar surface area (TPSA) is 114 Å². The lowest BCUT2D eigenvalue weighted by Crippen LogP contribution is -2.20. The zero-order valence-electron chi connectivity index (χ0n) is 15.3. The van der Waals surface area contributed by atoms with Crippen LogP contribution in [0.5, 0.6) is 11.5 Å². The number of halogens is 1. The summed E-state index contributed by atoms with van der Waals surface area (Å²) in [5, 5.41) is 19.3. The van der Waals surface area contributed by atoms with Gasteiger partial charge in [-0.15, -0.1) is 5.10 Å². The van der Waals surface area contributed by atoms with Crippen LogP contribution in [-0.4, -0.2) is 40.2 Å². The zero-order valence-corrected chi connectivity index (χ0v) is 16.9. The maximum absolute atomic E-state index is 12.1. The summed E-state index contributed by atoms with van der Waals surface area (Å²) in [4.78, 5) is 12.1. The fourth-order valence-corrected chi connectivity index (χ4v) is 2.84. The van der Waals surface area contributed by atoms with Crippen molar-refractivity contribution in [3.63, 3.8) is 0 Å². The monoisotopic (exact) mass is 446 g/mol. The number of aromatic nitrogens is 4. The first-order valence-electron chi connectivity index (χ1n) is 8.38. The van der Waals surface area contributed by atoms with Crippen molar-refractivity contribution in [1.82, 2.24) is 20.6 Å². The number of benzene rings is 2. The van der Waals surface area contributed by atoms with Gasteiger partial charge in [0.2, 0.25) is 0 Å². The highest BCUT2D eigenvalue weighted by Crippen LogP contribution is 2.33. The molecule has 1 amide bonds. The van der Waals surface area contributed by atoms with Crippen LogP contribution < -0.4 is 20.1 Å². The Kier molecular flexibility index (Phi) is 6.43. The molecule has 3 N–H and O–H groups in total. The number of carbonyl (C=O) groups excluding carboxylic acids is 1. The van der Waals surface area contributed by atoms with Crippen LogP contribution in [0.3, 0.4) is 0 Å². The summed E-state index contributed by atoms with van der Waals surface area (Å²) >= 11 is 3.50. The normalized spacial score (nSPS) is 10.4. The molecule has 3 rings (SSSR count).